The number of anilines is 1. The second-order valence-corrected chi connectivity index (χ2v) is 5.10. The molecule has 0 fully saturated rings. The van der Waals surface area contributed by atoms with Crippen molar-refractivity contribution < 1.29 is 0 Å². The summed E-state index contributed by atoms with van der Waals surface area (Å²) in [6.45, 7) is 5.13. The molecule has 1 aromatic carbocycles. The first-order valence-corrected chi connectivity index (χ1v) is 6.68. The van der Waals surface area contributed by atoms with Crippen LogP contribution in [0.1, 0.15) is 31.7 Å². The molecule has 90 valence electrons. The van der Waals surface area contributed by atoms with Crippen LogP contribution in [-0.4, -0.2) is 12.6 Å². The minimum Gasteiger partial charge on any atom is -0.383 e. The maximum Gasteiger partial charge on any atom is 0.0344 e. The number of nitrogens with one attached hydrogen (secondary N) is 1. The number of rotatable bonds is 6. The van der Waals surface area contributed by atoms with E-state index in [1.807, 2.05) is 0 Å². The molecule has 0 saturated carbocycles. The van der Waals surface area contributed by atoms with Gasteiger partial charge in [0.1, 0.15) is 0 Å². The Hall–Kier alpha value is -0.540. The summed E-state index contributed by atoms with van der Waals surface area (Å²) in [7, 11) is 0. The van der Waals surface area contributed by atoms with Crippen LogP contribution in [0.2, 0.25) is 0 Å². The van der Waals surface area contributed by atoms with Gasteiger partial charge in [0.15, 0.2) is 0 Å². The Morgan fingerprint density at radius 2 is 2.19 bits per heavy atom. The molecule has 1 atom stereocenters. The van der Waals surface area contributed by atoms with Gasteiger partial charge < -0.3 is 11.1 Å². The molecule has 1 aromatic rings. The summed E-state index contributed by atoms with van der Waals surface area (Å²) in [5, 5.41) is 3.38. The standard InChI is InChI=1S/C13H21BrN2/c1-3-4-5-11(15)9-16-12-6-7-13(14)10(2)8-12/h6-8,11,16H,3-5,9,15H2,1-2H3. The Labute approximate surface area is 107 Å². The molecule has 0 aliphatic rings. The van der Waals surface area contributed by atoms with Gasteiger partial charge in [-0.05, 0) is 37.1 Å². The molecule has 0 radical (unpaired) electrons. The molecule has 0 aliphatic carbocycles. The molecule has 1 rings (SSSR count). The smallest absolute Gasteiger partial charge is 0.0344 e. The maximum absolute atomic E-state index is 6.00. The van der Waals surface area contributed by atoms with Crippen molar-refractivity contribution in [1.82, 2.24) is 0 Å². The van der Waals surface area contributed by atoms with Crippen molar-refractivity contribution in [2.75, 3.05) is 11.9 Å². The van der Waals surface area contributed by atoms with Gasteiger partial charge in [-0.15, -0.1) is 0 Å². The predicted octanol–water partition coefficient (Wildman–Crippen LogP) is 3.69. The van der Waals surface area contributed by atoms with Crippen molar-refractivity contribution in [3.63, 3.8) is 0 Å². The molecular weight excluding hydrogens is 264 g/mol. The molecule has 0 heterocycles. The van der Waals surface area contributed by atoms with Gasteiger partial charge in [0, 0.05) is 22.7 Å². The third-order valence-electron chi connectivity index (χ3n) is 2.65. The molecule has 0 aromatic heterocycles. The van der Waals surface area contributed by atoms with Crippen LogP contribution in [-0.2, 0) is 0 Å². The summed E-state index contributed by atoms with van der Waals surface area (Å²) >= 11 is 3.49. The SMILES string of the molecule is CCCCC(N)CNc1ccc(Br)c(C)c1. The molecular formula is C13H21BrN2. The largest absolute Gasteiger partial charge is 0.383 e. The first-order valence-electron chi connectivity index (χ1n) is 5.89. The zero-order valence-corrected chi connectivity index (χ0v) is 11.7. The van der Waals surface area contributed by atoms with E-state index in [1.165, 1.54) is 18.4 Å². The fraction of sp³-hybridized carbons (Fsp3) is 0.538. The molecule has 0 aliphatic heterocycles. The van der Waals surface area contributed by atoms with Crippen molar-refractivity contribution in [1.29, 1.82) is 0 Å². The Balaban J connectivity index is 2.39. The van der Waals surface area contributed by atoms with E-state index in [2.05, 4.69) is 53.3 Å². The quantitative estimate of drug-likeness (QED) is 0.836. The summed E-state index contributed by atoms with van der Waals surface area (Å²) in [6.07, 6.45) is 3.52. The Morgan fingerprint density at radius 3 is 2.81 bits per heavy atom. The number of hydrogen-bond acceptors (Lipinski definition) is 2. The average molecular weight is 285 g/mol. The third kappa shape index (κ3) is 4.54. The number of benzene rings is 1. The van der Waals surface area contributed by atoms with Gasteiger partial charge in [0.25, 0.3) is 0 Å². The number of hydrogen-bond donors (Lipinski definition) is 2. The van der Waals surface area contributed by atoms with E-state index < -0.39 is 0 Å². The third-order valence-corrected chi connectivity index (χ3v) is 3.54. The monoisotopic (exact) mass is 284 g/mol. The van der Waals surface area contributed by atoms with Crippen LogP contribution in [0, 0.1) is 6.92 Å². The van der Waals surface area contributed by atoms with Crippen LogP contribution in [0.15, 0.2) is 22.7 Å². The number of nitrogens with two attached hydrogens (primary N) is 1. The van der Waals surface area contributed by atoms with Crippen LogP contribution < -0.4 is 11.1 Å². The Kier molecular flexibility index (Phi) is 5.85. The lowest BCUT2D eigenvalue weighted by atomic mass is 10.1. The normalized spacial score (nSPS) is 12.5. The summed E-state index contributed by atoms with van der Waals surface area (Å²) in [5.41, 5.74) is 8.39. The molecule has 3 heteroatoms. The molecule has 0 saturated heterocycles. The van der Waals surface area contributed by atoms with E-state index in [4.69, 9.17) is 5.73 Å². The highest BCUT2D eigenvalue weighted by molar-refractivity contribution is 9.10. The highest BCUT2D eigenvalue weighted by Gasteiger charge is 2.02. The highest BCUT2D eigenvalue weighted by Crippen LogP contribution is 2.19. The van der Waals surface area contributed by atoms with E-state index in [1.54, 1.807) is 0 Å². The fourth-order valence-electron chi connectivity index (χ4n) is 1.57. The fourth-order valence-corrected chi connectivity index (χ4v) is 1.82. The van der Waals surface area contributed by atoms with Gasteiger partial charge in [-0.1, -0.05) is 35.7 Å². The van der Waals surface area contributed by atoms with Crippen molar-refractivity contribution in [3.8, 4) is 0 Å². The molecule has 16 heavy (non-hydrogen) atoms. The van der Waals surface area contributed by atoms with Crippen LogP contribution in [0.4, 0.5) is 5.69 Å². The van der Waals surface area contributed by atoms with Crippen LogP contribution in [0.25, 0.3) is 0 Å². The van der Waals surface area contributed by atoms with Gasteiger partial charge in [0.2, 0.25) is 0 Å². The van der Waals surface area contributed by atoms with Crippen LogP contribution >= 0.6 is 15.9 Å². The summed E-state index contributed by atoms with van der Waals surface area (Å²) in [4.78, 5) is 0. The van der Waals surface area contributed by atoms with Crippen LogP contribution in [0.5, 0.6) is 0 Å². The predicted molar refractivity (Wildman–Crippen MR) is 74.9 cm³/mol. The molecule has 3 N–H and O–H groups in total. The zero-order chi connectivity index (χ0) is 12.0. The summed E-state index contributed by atoms with van der Waals surface area (Å²) in [5.74, 6) is 0. The number of aryl methyl sites for hydroxylation is 1. The lowest BCUT2D eigenvalue weighted by Gasteiger charge is -2.13. The van der Waals surface area contributed by atoms with Gasteiger partial charge in [-0.25, -0.2) is 0 Å². The Bertz CT molecular complexity index is 326. The van der Waals surface area contributed by atoms with E-state index in [0.29, 0.717) is 0 Å². The maximum atomic E-state index is 6.00. The number of halogens is 1. The highest BCUT2D eigenvalue weighted by atomic mass is 79.9. The van der Waals surface area contributed by atoms with Gasteiger partial charge >= 0.3 is 0 Å². The molecule has 1 unspecified atom stereocenters. The van der Waals surface area contributed by atoms with Crippen molar-refractivity contribution in [2.45, 2.75) is 39.2 Å². The minimum atomic E-state index is 0.254. The van der Waals surface area contributed by atoms with Gasteiger partial charge in [0.05, 0.1) is 0 Å². The van der Waals surface area contributed by atoms with Crippen LogP contribution in [0.3, 0.4) is 0 Å². The molecule has 0 bridgehead atoms. The minimum absolute atomic E-state index is 0.254. The second kappa shape index (κ2) is 6.92. The first kappa shape index (κ1) is 13.5. The summed E-state index contributed by atoms with van der Waals surface area (Å²) < 4.78 is 1.15. The van der Waals surface area contributed by atoms with Crippen molar-refractivity contribution in [3.05, 3.63) is 28.2 Å². The Morgan fingerprint density at radius 1 is 1.44 bits per heavy atom. The van der Waals surface area contributed by atoms with E-state index in [-0.39, 0.29) is 6.04 Å². The van der Waals surface area contributed by atoms with Crippen molar-refractivity contribution in [2.24, 2.45) is 5.73 Å². The first-order chi connectivity index (χ1) is 7.63. The summed E-state index contributed by atoms with van der Waals surface area (Å²) in [6, 6.07) is 6.53. The van der Waals surface area contributed by atoms with Gasteiger partial charge in [-0.2, -0.15) is 0 Å². The zero-order valence-electron chi connectivity index (χ0n) is 10.1. The lowest BCUT2D eigenvalue weighted by Crippen LogP contribution is -2.28. The average Bonchev–Trinajstić information content (AvgIpc) is 2.28. The van der Waals surface area contributed by atoms with E-state index in [0.717, 1.165) is 23.1 Å². The topological polar surface area (TPSA) is 38.0 Å². The lowest BCUT2D eigenvalue weighted by molar-refractivity contribution is 0.596. The molecule has 0 amide bonds. The molecule has 0 spiro atoms. The number of unbranched alkanes of at least 4 members (excludes halogenated alkanes) is 1. The van der Waals surface area contributed by atoms with E-state index >= 15 is 0 Å². The van der Waals surface area contributed by atoms with Gasteiger partial charge in [-0.3, -0.25) is 0 Å². The van der Waals surface area contributed by atoms with E-state index in [9.17, 15) is 0 Å². The second-order valence-electron chi connectivity index (χ2n) is 4.25. The van der Waals surface area contributed by atoms with Crippen molar-refractivity contribution >= 4 is 21.6 Å². The molecule has 2 nitrogen and oxygen atoms in total.